The summed E-state index contributed by atoms with van der Waals surface area (Å²) in [4.78, 5) is 0. The molecule has 0 nitrogen and oxygen atoms in total. The number of hydrogen-bond donors (Lipinski definition) is 0. The molecule has 0 aromatic rings. The zero-order valence-corrected chi connectivity index (χ0v) is 14.2. The Bertz CT molecular complexity index is 373. The Morgan fingerprint density at radius 1 is 0.542 bits per heavy atom. The molecule has 0 radical (unpaired) electrons. The topological polar surface area (TPSA) is 0 Å². The van der Waals surface area contributed by atoms with Crippen molar-refractivity contribution in [3.05, 3.63) is 0 Å². The van der Waals surface area contributed by atoms with Crippen molar-refractivity contribution in [3.63, 3.8) is 0 Å². The number of alkyl halides is 5. The molecule has 0 aromatic heterocycles. The van der Waals surface area contributed by atoms with Crippen LogP contribution < -0.4 is 0 Å². The van der Waals surface area contributed by atoms with Crippen LogP contribution in [0.1, 0.15) is 64.2 Å². The van der Waals surface area contributed by atoms with E-state index in [4.69, 9.17) is 0 Å². The summed E-state index contributed by atoms with van der Waals surface area (Å²) in [6.07, 6.45) is 0.511. The fourth-order valence-electron chi connectivity index (χ4n) is 5.55. The van der Waals surface area contributed by atoms with Crippen LogP contribution in [0.25, 0.3) is 0 Å². The van der Waals surface area contributed by atoms with Gasteiger partial charge in [-0.2, -0.15) is 0 Å². The van der Waals surface area contributed by atoms with E-state index in [-0.39, 0.29) is 24.7 Å². The highest BCUT2D eigenvalue weighted by molar-refractivity contribution is 4.92. The molecule has 0 aliphatic heterocycles. The molecule has 0 heterocycles. The Kier molecular flexibility index (Phi) is 6.07. The zero-order chi connectivity index (χ0) is 17.3. The van der Waals surface area contributed by atoms with Crippen LogP contribution >= 0.6 is 0 Å². The Morgan fingerprint density at radius 2 is 0.917 bits per heavy atom. The summed E-state index contributed by atoms with van der Waals surface area (Å²) in [5, 5.41) is 0. The average molecular weight is 352 g/mol. The van der Waals surface area contributed by atoms with E-state index in [1.807, 2.05) is 0 Å². The van der Waals surface area contributed by atoms with Crippen LogP contribution in [-0.2, 0) is 0 Å². The third-order valence-corrected chi connectivity index (χ3v) is 7.03. The molecular weight excluding hydrogens is 323 g/mol. The Morgan fingerprint density at radius 3 is 1.33 bits per heavy atom. The molecule has 0 saturated heterocycles. The fourth-order valence-corrected chi connectivity index (χ4v) is 5.55. The summed E-state index contributed by atoms with van der Waals surface area (Å²) >= 11 is 0. The van der Waals surface area contributed by atoms with E-state index in [0.717, 1.165) is 38.5 Å². The Hall–Kier alpha value is -0.350. The average Bonchev–Trinajstić information content (AvgIpc) is 2.54. The van der Waals surface area contributed by atoms with Gasteiger partial charge in [-0.3, -0.25) is 0 Å². The maximum absolute atomic E-state index is 14.0. The fraction of sp³-hybridized carbons (Fsp3) is 1.00. The third-order valence-electron chi connectivity index (χ3n) is 7.03. The Labute approximate surface area is 141 Å². The molecule has 3 fully saturated rings. The standard InChI is InChI=1S/C19H29F5/c20-15-7-5-12(6-8-15)11-1-3-13(4-2-11)14-9-16(21)18(19(23)24)17(22)10-14/h11-19H,1-10H2. The van der Waals surface area contributed by atoms with Crippen LogP contribution in [0.3, 0.4) is 0 Å². The van der Waals surface area contributed by atoms with Crippen LogP contribution in [0, 0.1) is 29.6 Å². The molecule has 140 valence electrons. The lowest BCUT2D eigenvalue weighted by molar-refractivity contribution is -0.0645. The van der Waals surface area contributed by atoms with Crippen LogP contribution in [0.2, 0.25) is 0 Å². The zero-order valence-electron chi connectivity index (χ0n) is 14.2. The van der Waals surface area contributed by atoms with E-state index < -0.39 is 30.9 Å². The van der Waals surface area contributed by atoms with E-state index in [1.54, 1.807) is 0 Å². The molecule has 0 spiro atoms. The lowest BCUT2D eigenvalue weighted by Gasteiger charge is -2.42. The van der Waals surface area contributed by atoms with Crippen molar-refractivity contribution in [2.45, 2.75) is 89.1 Å². The monoisotopic (exact) mass is 352 g/mol. The number of rotatable bonds is 3. The summed E-state index contributed by atoms with van der Waals surface area (Å²) in [6.45, 7) is 0. The molecular formula is C19H29F5. The first kappa shape index (κ1) is 18.4. The minimum Gasteiger partial charge on any atom is -0.247 e. The van der Waals surface area contributed by atoms with Gasteiger partial charge in [0, 0.05) is 0 Å². The van der Waals surface area contributed by atoms with Gasteiger partial charge in [-0.05, 0) is 87.9 Å². The molecule has 0 aromatic carbocycles. The third kappa shape index (κ3) is 4.07. The van der Waals surface area contributed by atoms with Gasteiger partial charge in [0.1, 0.15) is 18.5 Å². The van der Waals surface area contributed by atoms with Gasteiger partial charge in [0.05, 0.1) is 5.92 Å². The second kappa shape index (κ2) is 7.90. The van der Waals surface area contributed by atoms with Crippen molar-refractivity contribution in [2.24, 2.45) is 29.6 Å². The summed E-state index contributed by atoms with van der Waals surface area (Å²) in [6, 6.07) is 0. The van der Waals surface area contributed by atoms with Crippen molar-refractivity contribution in [1.82, 2.24) is 0 Å². The highest BCUT2D eigenvalue weighted by atomic mass is 19.3. The predicted octanol–water partition coefficient (Wildman–Crippen LogP) is 6.29. The van der Waals surface area contributed by atoms with Gasteiger partial charge in [-0.1, -0.05) is 0 Å². The predicted molar refractivity (Wildman–Crippen MR) is 84.3 cm³/mol. The molecule has 5 heteroatoms. The molecule has 0 bridgehead atoms. The highest BCUT2D eigenvalue weighted by Gasteiger charge is 2.46. The van der Waals surface area contributed by atoms with E-state index in [1.165, 1.54) is 0 Å². The van der Waals surface area contributed by atoms with Gasteiger partial charge >= 0.3 is 0 Å². The summed E-state index contributed by atoms with van der Waals surface area (Å²) in [5.74, 6) is -0.321. The summed E-state index contributed by atoms with van der Waals surface area (Å²) in [7, 11) is 0. The lowest BCUT2D eigenvalue weighted by Crippen LogP contribution is -2.42. The molecule has 2 unspecified atom stereocenters. The first-order valence-corrected chi connectivity index (χ1v) is 9.66. The molecule has 24 heavy (non-hydrogen) atoms. The summed E-state index contributed by atoms with van der Waals surface area (Å²) < 4.78 is 66.8. The van der Waals surface area contributed by atoms with Crippen molar-refractivity contribution in [3.8, 4) is 0 Å². The SMILES string of the molecule is FC1CCC(C2CCC(C3CC(F)C(C(F)F)C(F)C3)CC2)CC1. The largest absolute Gasteiger partial charge is 0.247 e. The first-order valence-electron chi connectivity index (χ1n) is 9.66. The van der Waals surface area contributed by atoms with Gasteiger partial charge in [0.15, 0.2) is 0 Å². The van der Waals surface area contributed by atoms with Crippen molar-refractivity contribution < 1.29 is 22.0 Å². The first-order chi connectivity index (χ1) is 11.5. The van der Waals surface area contributed by atoms with E-state index in [9.17, 15) is 22.0 Å². The van der Waals surface area contributed by atoms with E-state index in [0.29, 0.717) is 24.7 Å². The maximum Gasteiger partial charge on any atom is 0.247 e. The number of halogens is 5. The van der Waals surface area contributed by atoms with Crippen molar-refractivity contribution in [1.29, 1.82) is 0 Å². The van der Waals surface area contributed by atoms with Crippen molar-refractivity contribution in [2.75, 3.05) is 0 Å². The second-order valence-electron chi connectivity index (χ2n) is 8.36. The van der Waals surface area contributed by atoms with Gasteiger partial charge in [-0.15, -0.1) is 0 Å². The molecule has 3 aliphatic rings. The highest BCUT2D eigenvalue weighted by Crippen LogP contribution is 2.47. The molecule has 2 atom stereocenters. The van der Waals surface area contributed by atoms with Gasteiger partial charge in [-0.25, -0.2) is 22.0 Å². The number of hydrogen-bond acceptors (Lipinski definition) is 0. The molecule has 0 N–H and O–H groups in total. The van der Waals surface area contributed by atoms with Crippen LogP contribution in [0.15, 0.2) is 0 Å². The smallest absolute Gasteiger partial charge is 0.247 e. The van der Waals surface area contributed by atoms with Gasteiger partial charge < -0.3 is 0 Å². The van der Waals surface area contributed by atoms with Crippen molar-refractivity contribution >= 4 is 0 Å². The maximum atomic E-state index is 14.0. The normalized spacial score (nSPS) is 47.8. The Balaban J connectivity index is 1.48. The van der Waals surface area contributed by atoms with Crippen LogP contribution in [0.5, 0.6) is 0 Å². The second-order valence-corrected chi connectivity index (χ2v) is 8.36. The van der Waals surface area contributed by atoms with Crippen LogP contribution in [0.4, 0.5) is 22.0 Å². The van der Waals surface area contributed by atoms with Gasteiger partial charge in [0.2, 0.25) is 6.43 Å². The molecule has 3 saturated carbocycles. The minimum atomic E-state index is -2.91. The molecule has 0 amide bonds. The quantitative estimate of drug-likeness (QED) is 0.524. The van der Waals surface area contributed by atoms with Crippen LogP contribution in [-0.4, -0.2) is 24.9 Å². The molecule has 3 aliphatic carbocycles. The van der Waals surface area contributed by atoms with Gasteiger partial charge in [0.25, 0.3) is 0 Å². The van der Waals surface area contributed by atoms with E-state index >= 15 is 0 Å². The summed E-state index contributed by atoms with van der Waals surface area (Å²) in [5.41, 5.74) is 0. The van der Waals surface area contributed by atoms with E-state index in [2.05, 4.69) is 0 Å². The lowest BCUT2D eigenvalue weighted by atomic mass is 9.65. The minimum absolute atomic E-state index is 0.0903. The molecule has 3 rings (SSSR count).